The Morgan fingerprint density at radius 3 is 2.50 bits per heavy atom. The fourth-order valence-corrected chi connectivity index (χ4v) is 1.37. The van der Waals surface area contributed by atoms with Gasteiger partial charge in [-0.3, -0.25) is 0 Å². The lowest BCUT2D eigenvalue weighted by Gasteiger charge is -2.16. The molecule has 0 aliphatic heterocycles. The molecule has 0 heterocycles. The smallest absolute Gasteiger partial charge is 0.119 e. The van der Waals surface area contributed by atoms with Crippen LogP contribution in [0.1, 0.15) is 24.1 Å². The highest BCUT2D eigenvalue weighted by atomic mass is 16.5. The quantitative estimate of drug-likeness (QED) is 0.766. The summed E-state index contributed by atoms with van der Waals surface area (Å²) in [7, 11) is 1.62. The molecule has 3 heteroatoms. The van der Waals surface area contributed by atoms with E-state index in [1.54, 1.807) is 14.0 Å². The molecule has 3 N–H and O–H groups in total. The minimum Gasteiger partial charge on any atom is -0.497 e. The third kappa shape index (κ3) is 2.47. The van der Waals surface area contributed by atoms with Gasteiger partial charge < -0.3 is 15.6 Å². The molecule has 0 amide bonds. The maximum Gasteiger partial charge on any atom is 0.119 e. The first-order valence-corrected chi connectivity index (χ1v) is 4.64. The van der Waals surface area contributed by atoms with Gasteiger partial charge >= 0.3 is 0 Å². The molecule has 0 aromatic heterocycles. The van der Waals surface area contributed by atoms with Crippen LogP contribution in [0.4, 0.5) is 0 Å². The second kappa shape index (κ2) is 4.44. The summed E-state index contributed by atoms with van der Waals surface area (Å²) < 4.78 is 5.13. The van der Waals surface area contributed by atoms with Gasteiger partial charge in [-0.05, 0) is 37.1 Å². The summed E-state index contributed by atoms with van der Waals surface area (Å²) in [5.74, 6) is 0.774. The van der Waals surface area contributed by atoms with E-state index < -0.39 is 6.10 Å². The van der Waals surface area contributed by atoms with Gasteiger partial charge in [-0.15, -0.1) is 0 Å². The number of nitrogens with two attached hydrogens (primary N) is 1. The van der Waals surface area contributed by atoms with Gasteiger partial charge in [0.1, 0.15) is 5.75 Å². The van der Waals surface area contributed by atoms with Gasteiger partial charge in [0.2, 0.25) is 0 Å². The lowest BCUT2D eigenvalue weighted by atomic mass is 10.0. The molecule has 3 nitrogen and oxygen atoms in total. The number of hydrogen-bond donors (Lipinski definition) is 2. The van der Waals surface area contributed by atoms with Crippen LogP contribution < -0.4 is 10.5 Å². The van der Waals surface area contributed by atoms with Crippen LogP contribution in [0, 0.1) is 6.92 Å². The fraction of sp³-hybridized carbons (Fsp3) is 0.455. The standard InChI is InChI=1S/C11H17NO2/c1-7-4-9(11(12)8(2)13)6-10(5-7)14-3/h4-6,8,11,13H,12H2,1-3H3/t8-,11+/m1/s1. The first kappa shape index (κ1) is 11.0. The zero-order chi connectivity index (χ0) is 10.7. The number of methoxy groups -OCH3 is 1. The van der Waals surface area contributed by atoms with Crippen molar-refractivity contribution >= 4 is 0 Å². The van der Waals surface area contributed by atoms with Crippen molar-refractivity contribution in [2.45, 2.75) is 26.0 Å². The van der Waals surface area contributed by atoms with Crippen molar-refractivity contribution in [3.8, 4) is 5.75 Å². The normalized spacial score (nSPS) is 14.9. The van der Waals surface area contributed by atoms with E-state index >= 15 is 0 Å². The summed E-state index contributed by atoms with van der Waals surface area (Å²) in [6.07, 6.45) is -0.554. The molecular formula is C11H17NO2. The Bertz CT molecular complexity index is 310. The van der Waals surface area contributed by atoms with E-state index in [0.717, 1.165) is 16.9 Å². The average Bonchev–Trinajstić information content (AvgIpc) is 2.15. The highest BCUT2D eigenvalue weighted by Gasteiger charge is 2.12. The molecule has 1 aromatic carbocycles. The van der Waals surface area contributed by atoms with Crippen LogP contribution in [-0.4, -0.2) is 18.3 Å². The summed E-state index contributed by atoms with van der Waals surface area (Å²) in [5.41, 5.74) is 7.80. The van der Waals surface area contributed by atoms with Gasteiger partial charge in [0.25, 0.3) is 0 Å². The predicted molar refractivity (Wildman–Crippen MR) is 56.3 cm³/mol. The summed E-state index contributed by atoms with van der Waals surface area (Å²) in [6, 6.07) is 5.38. The first-order chi connectivity index (χ1) is 6.54. The first-order valence-electron chi connectivity index (χ1n) is 4.64. The Kier molecular flexibility index (Phi) is 3.49. The second-order valence-corrected chi connectivity index (χ2v) is 3.55. The minimum absolute atomic E-state index is 0.358. The van der Waals surface area contributed by atoms with Crippen molar-refractivity contribution in [2.24, 2.45) is 5.73 Å². The molecule has 78 valence electrons. The van der Waals surface area contributed by atoms with Crippen molar-refractivity contribution in [1.82, 2.24) is 0 Å². The zero-order valence-electron chi connectivity index (χ0n) is 8.82. The predicted octanol–water partition coefficient (Wildman–Crippen LogP) is 1.38. The van der Waals surface area contributed by atoms with Gasteiger partial charge in [-0.2, -0.15) is 0 Å². The summed E-state index contributed by atoms with van der Waals surface area (Å²) >= 11 is 0. The Labute approximate surface area is 84.5 Å². The molecule has 0 aliphatic rings. The molecule has 0 saturated carbocycles. The highest BCUT2D eigenvalue weighted by molar-refractivity contribution is 5.35. The number of hydrogen-bond acceptors (Lipinski definition) is 3. The van der Waals surface area contributed by atoms with Crippen LogP contribution in [0.5, 0.6) is 5.75 Å². The topological polar surface area (TPSA) is 55.5 Å². The molecule has 0 radical (unpaired) electrons. The molecule has 0 spiro atoms. The number of rotatable bonds is 3. The second-order valence-electron chi connectivity index (χ2n) is 3.55. The number of aliphatic hydroxyl groups excluding tert-OH is 1. The molecular weight excluding hydrogens is 178 g/mol. The average molecular weight is 195 g/mol. The molecule has 1 aromatic rings. The van der Waals surface area contributed by atoms with Crippen LogP contribution in [0.2, 0.25) is 0 Å². The third-order valence-corrected chi connectivity index (χ3v) is 2.21. The van der Waals surface area contributed by atoms with E-state index in [4.69, 9.17) is 10.5 Å². The van der Waals surface area contributed by atoms with Crippen LogP contribution in [0.15, 0.2) is 18.2 Å². The number of aliphatic hydroxyl groups is 1. The number of ether oxygens (including phenoxy) is 1. The van der Waals surface area contributed by atoms with Crippen LogP contribution in [-0.2, 0) is 0 Å². The van der Waals surface area contributed by atoms with Gasteiger partial charge in [0, 0.05) is 0 Å². The van der Waals surface area contributed by atoms with Gasteiger partial charge in [-0.25, -0.2) is 0 Å². The zero-order valence-corrected chi connectivity index (χ0v) is 8.82. The SMILES string of the molecule is COc1cc(C)cc([C@@H](N)[C@@H](C)O)c1. The van der Waals surface area contributed by atoms with E-state index in [1.807, 2.05) is 25.1 Å². The highest BCUT2D eigenvalue weighted by Crippen LogP contribution is 2.22. The van der Waals surface area contributed by atoms with E-state index in [9.17, 15) is 5.11 Å². The van der Waals surface area contributed by atoms with E-state index in [2.05, 4.69) is 0 Å². The van der Waals surface area contributed by atoms with Crippen molar-refractivity contribution in [2.75, 3.05) is 7.11 Å². The molecule has 0 bridgehead atoms. The van der Waals surface area contributed by atoms with Gasteiger partial charge in [0.05, 0.1) is 19.3 Å². The third-order valence-electron chi connectivity index (χ3n) is 2.21. The maximum atomic E-state index is 9.36. The Hall–Kier alpha value is -1.06. The summed E-state index contributed by atoms with van der Waals surface area (Å²) in [4.78, 5) is 0. The van der Waals surface area contributed by atoms with E-state index in [0.29, 0.717) is 0 Å². The fourth-order valence-electron chi connectivity index (χ4n) is 1.37. The summed E-state index contributed by atoms with van der Waals surface area (Å²) in [5, 5.41) is 9.36. The van der Waals surface area contributed by atoms with E-state index in [-0.39, 0.29) is 6.04 Å². The van der Waals surface area contributed by atoms with Gasteiger partial charge in [0.15, 0.2) is 0 Å². The maximum absolute atomic E-state index is 9.36. The van der Waals surface area contributed by atoms with E-state index in [1.165, 1.54) is 0 Å². The van der Waals surface area contributed by atoms with Crippen molar-refractivity contribution in [1.29, 1.82) is 0 Å². The monoisotopic (exact) mass is 195 g/mol. The molecule has 14 heavy (non-hydrogen) atoms. The molecule has 1 rings (SSSR count). The van der Waals surface area contributed by atoms with Gasteiger partial charge in [-0.1, -0.05) is 6.07 Å². The lowest BCUT2D eigenvalue weighted by molar-refractivity contribution is 0.164. The number of aryl methyl sites for hydroxylation is 1. The molecule has 2 atom stereocenters. The van der Waals surface area contributed by atoms with Crippen molar-refractivity contribution < 1.29 is 9.84 Å². The Morgan fingerprint density at radius 1 is 1.36 bits per heavy atom. The Balaban J connectivity index is 3.02. The molecule has 0 saturated heterocycles. The van der Waals surface area contributed by atoms with Crippen LogP contribution >= 0.6 is 0 Å². The molecule has 0 fully saturated rings. The minimum atomic E-state index is -0.554. The molecule has 0 unspecified atom stereocenters. The lowest BCUT2D eigenvalue weighted by Crippen LogP contribution is -2.23. The van der Waals surface area contributed by atoms with Crippen LogP contribution in [0.25, 0.3) is 0 Å². The van der Waals surface area contributed by atoms with Crippen LogP contribution in [0.3, 0.4) is 0 Å². The Morgan fingerprint density at radius 2 is 2.00 bits per heavy atom. The largest absolute Gasteiger partial charge is 0.497 e. The number of benzene rings is 1. The summed E-state index contributed by atoms with van der Waals surface area (Å²) in [6.45, 7) is 3.65. The van der Waals surface area contributed by atoms with Crippen molar-refractivity contribution in [3.63, 3.8) is 0 Å². The van der Waals surface area contributed by atoms with Crippen molar-refractivity contribution in [3.05, 3.63) is 29.3 Å². The molecule has 0 aliphatic carbocycles.